The number of hydrogen-bond acceptors (Lipinski definition) is 1. The van der Waals surface area contributed by atoms with E-state index in [4.69, 9.17) is 0 Å². The van der Waals surface area contributed by atoms with Crippen molar-refractivity contribution in [2.45, 2.75) is 58.9 Å². The monoisotopic (exact) mass is 194 g/mol. The van der Waals surface area contributed by atoms with Gasteiger partial charge in [0.2, 0.25) is 0 Å². The van der Waals surface area contributed by atoms with Gasteiger partial charge in [-0.1, -0.05) is 26.2 Å². The van der Waals surface area contributed by atoms with Crippen LogP contribution in [-0.2, 0) is 6.42 Å². The largest absolute Gasteiger partial charge is 0.270 e. The van der Waals surface area contributed by atoms with E-state index in [-0.39, 0.29) is 0 Å². The highest BCUT2D eigenvalue weighted by atomic mass is 15.3. The van der Waals surface area contributed by atoms with Crippen LogP contribution in [0, 0.1) is 0 Å². The van der Waals surface area contributed by atoms with Crippen LogP contribution >= 0.6 is 0 Å². The van der Waals surface area contributed by atoms with Crippen molar-refractivity contribution < 1.29 is 0 Å². The Kier molecular flexibility index (Phi) is 4.71. The molecule has 0 aliphatic carbocycles. The molecule has 0 radical (unpaired) electrons. The molecule has 0 bridgehead atoms. The molecule has 0 unspecified atom stereocenters. The number of unbranched alkanes of at least 4 members (excludes halogenated alkanes) is 3. The summed E-state index contributed by atoms with van der Waals surface area (Å²) in [6.07, 6.45) is 8.50. The minimum absolute atomic E-state index is 0.486. The highest BCUT2D eigenvalue weighted by Crippen LogP contribution is 2.08. The molecule has 0 fully saturated rings. The van der Waals surface area contributed by atoms with E-state index >= 15 is 0 Å². The number of nitrogens with zero attached hydrogens (tertiary/aromatic N) is 2. The molecule has 0 amide bonds. The van der Waals surface area contributed by atoms with Gasteiger partial charge in [0.1, 0.15) is 0 Å². The highest BCUT2D eigenvalue weighted by Gasteiger charge is 2.01. The zero-order valence-electron chi connectivity index (χ0n) is 9.66. The summed E-state index contributed by atoms with van der Waals surface area (Å²) in [6, 6.07) is 2.63. The lowest BCUT2D eigenvalue weighted by Crippen LogP contribution is -2.01. The number of aromatic nitrogens is 2. The van der Waals surface area contributed by atoms with E-state index < -0.39 is 0 Å². The molecule has 0 aromatic carbocycles. The van der Waals surface area contributed by atoms with Gasteiger partial charge in [0.25, 0.3) is 0 Å². The zero-order chi connectivity index (χ0) is 10.4. The third kappa shape index (κ3) is 3.52. The Labute approximate surface area is 87.3 Å². The normalized spacial score (nSPS) is 11.1. The molecule has 2 heteroatoms. The molecule has 2 nitrogen and oxygen atoms in total. The van der Waals surface area contributed by atoms with Gasteiger partial charge in [0.15, 0.2) is 0 Å². The van der Waals surface area contributed by atoms with Crippen LogP contribution in [-0.4, -0.2) is 9.78 Å². The Balaban J connectivity index is 2.29. The molecule has 0 spiro atoms. The summed E-state index contributed by atoms with van der Waals surface area (Å²) >= 11 is 0. The fourth-order valence-electron chi connectivity index (χ4n) is 1.53. The third-order valence-corrected chi connectivity index (χ3v) is 2.48. The second-order valence-electron chi connectivity index (χ2n) is 4.19. The molecule has 14 heavy (non-hydrogen) atoms. The van der Waals surface area contributed by atoms with Gasteiger partial charge in [-0.05, 0) is 32.8 Å². The topological polar surface area (TPSA) is 17.8 Å². The molecule has 1 rings (SSSR count). The molecule has 0 saturated heterocycles. The van der Waals surface area contributed by atoms with Crippen LogP contribution in [0.25, 0.3) is 0 Å². The average molecular weight is 194 g/mol. The van der Waals surface area contributed by atoms with Gasteiger partial charge in [-0.2, -0.15) is 5.10 Å². The minimum Gasteiger partial charge on any atom is -0.270 e. The van der Waals surface area contributed by atoms with E-state index in [9.17, 15) is 0 Å². The number of hydrogen-bond donors (Lipinski definition) is 0. The molecule has 1 aromatic heterocycles. The predicted octanol–water partition coefficient (Wildman–Crippen LogP) is 3.59. The van der Waals surface area contributed by atoms with Gasteiger partial charge in [0, 0.05) is 12.2 Å². The van der Waals surface area contributed by atoms with Gasteiger partial charge in [0.05, 0.1) is 5.69 Å². The SMILES string of the molecule is CCCCCCc1ccn(C(C)C)n1. The second kappa shape index (κ2) is 5.84. The first kappa shape index (κ1) is 11.3. The van der Waals surface area contributed by atoms with E-state index in [1.807, 2.05) is 4.68 Å². The first-order valence-electron chi connectivity index (χ1n) is 5.78. The molecular formula is C12H22N2. The fourth-order valence-corrected chi connectivity index (χ4v) is 1.53. The average Bonchev–Trinajstić information content (AvgIpc) is 2.61. The van der Waals surface area contributed by atoms with E-state index in [0.29, 0.717) is 6.04 Å². The second-order valence-corrected chi connectivity index (χ2v) is 4.19. The molecule has 1 aromatic rings. The Bertz CT molecular complexity index is 251. The van der Waals surface area contributed by atoms with Gasteiger partial charge >= 0.3 is 0 Å². The molecule has 0 atom stereocenters. The van der Waals surface area contributed by atoms with Crippen molar-refractivity contribution in [1.82, 2.24) is 9.78 Å². The van der Waals surface area contributed by atoms with E-state index in [1.165, 1.54) is 31.4 Å². The van der Waals surface area contributed by atoms with Gasteiger partial charge in [-0.15, -0.1) is 0 Å². The Hall–Kier alpha value is -0.790. The van der Waals surface area contributed by atoms with Crippen LogP contribution in [0.15, 0.2) is 12.3 Å². The summed E-state index contributed by atoms with van der Waals surface area (Å²) in [5.74, 6) is 0. The summed E-state index contributed by atoms with van der Waals surface area (Å²) in [6.45, 7) is 6.56. The Morgan fingerprint density at radius 2 is 2.07 bits per heavy atom. The lowest BCUT2D eigenvalue weighted by molar-refractivity contribution is 0.523. The van der Waals surface area contributed by atoms with Crippen molar-refractivity contribution in [3.05, 3.63) is 18.0 Å². The van der Waals surface area contributed by atoms with Crippen LogP contribution in [0.1, 0.15) is 58.2 Å². The van der Waals surface area contributed by atoms with Crippen molar-refractivity contribution in [2.24, 2.45) is 0 Å². The fraction of sp³-hybridized carbons (Fsp3) is 0.750. The Morgan fingerprint density at radius 1 is 1.29 bits per heavy atom. The lowest BCUT2D eigenvalue weighted by atomic mass is 10.1. The van der Waals surface area contributed by atoms with Gasteiger partial charge in [-0.25, -0.2) is 0 Å². The maximum atomic E-state index is 4.52. The van der Waals surface area contributed by atoms with Crippen LogP contribution in [0.4, 0.5) is 0 Å². The molecule has 80 valence electrons. The molecule has 0 N–H and O–H groups in total. The lowest BCUT2D eigenvalue weighted by Gasteiger charge is -2.03. The zero-order valence-corrected chi connectivity index (χ0v) is 9.66. The predicted molar refractivity (Wildman–Crippen MR) is 60.5 cm³/mol. The maximum absolute atomic E-state index is 4.52. The molecule has 1 heterocycles. The van der Waals surface area contributed by atoms with Crippen molar-refractivity contribution in [1.29, 1.82) is 0 Å². The van der Waals surface area contributed by atoms with Crippen LogP contribution in [0.3, 0.4) is 0 Å². The van der Waals surface area contributed by atoms with Crippen molar-refractivity contribution in [3.63, 3.8) is 0 Å². The number of rotatable bonds is 6. The first-order chi connectivity index (χ1) is 6.74. The number of aryl methyl sites for hydroxylation is 1. The van der Waals surface area contributed by atoms with Crippen molar-refractivity contribution >= 4 is 0 Å². The van der Waals surface area contributed by atoms with E-state index in [1.54, 1.807) is 0 Å². The minimum atomic E-state index is 0.486. The standard InChI is InChI=1S/C12H22N2/c1-4-5-6-7-8-12-9-10-14(13-12)11(2)3/h9-11H,4-8H2,1-3H3. The maximum Gasteiger partial charge on any atom is 0.0624 e. The third-order valence-electron chi connectivity index (χ3n) is 2.48. The highest BCUT2D eigenvalue weighted by molar-refractivity contribution is 4.99. The first-order valence-corrected chi connectivity index (χ1v) is 5.78. The van der Waals surface area contributed by atoms with E-state index in [2.05, 4.69) is 38.1 Å². The van der Waals surface area contributed by atoms with Crippen molar-refractivity contribution in [2.75, 3.05) is 0 Å². The molecule has 0 aliphatic heterocycles. The summed E-state index contributed by atoms with van der Waals surface area (Å²) in [7, 11) is 0. The summed E-state index contributed by atoms with van der Waals surface area (Å²) in [5.41, 5.74) is 1.25. The molecular weight excluding hydrogens is 172 g/mol. The van der Waals surface area contributed by atoms with E-state index in [0.717, 1.165) is 6.42 Å². The van der Waals surface area contributed by atoms with Crippen molar-refractivity contribution in [3.8, 4) is 0 Å². The summed E-state index contributed by atoms with van der Waals surface area (Å²) < 4.78 is 2.04. The van der Waals surface area contributed by atoms with Crippen LogP contribution < -0.4 is 0 Å². The summed E-state index contributed by atoms with van der Waals surface area (Å²) in [4.78, 5) is 0. The smallest absolute Gasteiger partial charge is 0.0624 e. The summed E-state index contributed by atoms with van der Waals surface area (Å²) in [5, 5.41) is 4.52. The van der Waals surface area contributed by atoms with Gasteiger partial charge in [-0.3, -0.25) is 4.68 Å². The van der Waals surface area contributed by atoms with Crippen LogP contribution in [0.2, 0.25) is 0 Å². The van der Waals surface area contributed by atoms with Gasteiger partial charge < -0.3 is 0 Å². The van der Waals surface area contributed by atoms with Crippen LogP contribution in [0.5, 0.6) is 0 Å². The molecule has 0 aliphatic rings. The quantitative estimate of drug-likeness (QED) is 0.633. The molecule has 0 saturated carbocycles. The Morgan fingerprint density at radius 3 is 2.64 bits per heavy atom.